The summed E-state index contributed by atoms with van der Waals surface area (Å²) in [5.41, 5.74) is 1.53. The van der Waals surface area contributed by atoms with Crippen LogP contribution in [-0.4, -0.2) is 29.5 Å². The van der Waals surface area contributed by atoms with Crippen LogP contribution in [0.5, 0.6) is 0 Å². The first-order valence-electron chi connectivity index (χ1n) is 7.07. The van der Waals surface area contributed by atoms with E-state index in [1.807, 2.05) is 17.0 Å². The number of unbranched alkanes of at least 4 members (excludes halogenated alkanes) is 3. The number of fused-ring (bicyclic) bond motifs is 1. The molecule has 0 bridgehead atoms. The van der Waals surface area contributed by atoms with E-state index in [9.17, 15) is 0 Å². The van der Waals surface area contributed by atoms with Crippen molar-refractivity contribution in [2.24, 2.45) is 0 Å². The van der Waals surface area contributed by atoms with Gasteiger partial charge in [0.25, 0.3) is 0 Å². The number of hydrogen-bond acceptors (Lipinski definition) is 4. The molecule has 0 fully saturated rings. The van der Waals surface area contributed by atoms with Gasteiger partial charge in [-0.3, -0.25) is 4.57 Å². The molecule has 3 aromatic heterocycles. The van der Waals surface area contributed by atoms with Gasteiger partial charge in [-0.2, -0.15) is 0 Å². The molecule has 0 aliphatic heterocycles. The van der Waals surface area contributed by atoms with Crippen LogP contribution in [0.25, 0.3) is 17.0 Å². The highest BCUT2D eigenvalue weighted by Crippen LogP contribution is 2.17. The fraction of sp³-hybridized carbons (Fsp3) is 0.429. The van der Waals surface area contributed by atoms with Crippen LogP contribution in [-0.2, 0) is 6.42 Å². The quantitative estimate of drug-likeness (QED) is 0.699. The summed E-state index contributed by atoms with van der Waals surface area (Å²) in [6, 6.07) is 0. The molecule has 20 heavy (non-hydrogen) atoms. The van der Waals surface area contributed by atoms with Gasteiger partial charge in [0.1, 0.15) is 17.7 Å². The monoisotopic (exact) mass is 270 g/mol. The lowest BCUT2D eigenvalue weighted by Crippen LogP contribution is -2.04. The Balaban J connectivity index is 1.87. The number of aromatic nitrogens is 6. The predicted molar refractivity (Wildman–Crippen MR) is 76.7 cm³/mol. The van der Waals surface area contributed by atoms with Gasteiger partial charge in [0, 0.05) is 18.8 Å². The lowest BCUT2D eigenvalue weighted by Gasteiger charge is -2.07. The molecule has 0 atom stereocenters. The molecule has 104 valence electrons. The summed E-state index contributed by atoms with van der Waals surface area (Å²) in [6.45, 7) is 2.22. The van der Waals surface area contributed by atoms with E-state index in [-0.39, 0.29) is 0 Å². The van der Waals surface area contributed by atoms with Crippen molar-refractivity contribution >= 4 is 11.2 Å². The summed E-state index contributed by atoms with van der Waals surface area (Å²) in [5, 5.41) is 0. The first-order chi connectivity index (χ1) is 9.90. The average molecular weight is 270 g/mol. The van der Waals surface area contributed by atoms with Crippen molar-refractivity contribution in [2.75, 3.05) is 0 Å². The number of nitrogens with zero attached hydrogens (tertiary/aromatic N) is 5. The van der Waals surface area contributed by atoms with Crippen LogP contribution in [0.4, 0.5) is 0 Å². The van der Waals surface area contributed by atoms with Crippen molar-refractivity contribution < 1.29 is 0 Å². The predicted octanol–water partition coefficient (Wildman–Crippen LogP) is 2.66. The maximum atomic E-state index is 4.45. The van der Waals surface area contributed by atoms with E-state index in [2.05, 4.69) is 31.8 Å². The van der Waals surface area contributed by atoms with Gasteiger partial charge in [-0.05, 0) is 6.42 Å². The molecule has 6 heteroatoms. The fourth-order valence-corrected chi connectivity index (χ4v) is 2.36. The molecule has 3 aromatic rings. The van der Waals surface area contributed by atoms with Crippen molar-refractivity contribution in [1.29, 1.82) is 0 Å². The largest absolute Gasteiger partial charge is 0.340 e. The Morgan fingerprint density at radius 2 is 2.05 bits per heavy atom. The minimum Gasteiger partial charge on any atom is -0.340 e. The number of aromatic amines is 1. The van der Waals surface area contributed by atoms with Crippen LogP contribution in [0.1, 0.15) is 38.4 Å². The van der Waals surface area contributed by atoms with E-state index in [0.29, 0.717) is 5.65 Å². The molecule has 3 heterocycles. The summed E-state index contributed by atoms with van der Waals surface area (Å²) in [5.74, 6) is 1.85. The van der Waals surface area contributed by atoms with Gasteiger partial charge in [-0.15, -0.1) is 0 Å². The molecule has 0 aromatic carbocycles. The Morgan fingerprint density at radius 3 is 2.95 bits per heavy atom. The molecule has 0 saturated carbocycles. The number of H-pyrrole nitrogens is 1. The van der Waals surface area contributed by atoms with Gasteiger partial charge in [-0.25, -0.2) is 19.9 Å². The van der Waals surface area contributed by atoms with Gasteiger partial charge in [0.2, 0.25) is 0 Å². The summed E-state index contributed by atoms with van der Waals surface area (Å²) >= 11 is 0. The van der Waals surface area contributed by atoms with Gasteiger partial charge < -0.3 is 4.98 Å². The summed E-state index contributed by atoms with van der Waals surface area (Å²) in [6.07, 6.45) is 12.8. The van der Waals surface area contributed by atoms with Crippen LogP contribution < -0.4 is 0 Å². The highest BCUT2D eigenvalue weighted by molar-refractivity contribution is 5.77. The minimum absolute atomic E-state index is 0.681. The Bertz CT molecular complexity index is 684. The van der Waals surface area contributed by atoms with Crippen LogP contribution in [0.15, 0.2) is 25.0 Å². The molecule has 0 radical (unpaired) electrons. The van der Waals surface area contributed by atoms with E-state index in [4.69, 9.17) is 0 Å². The molecule has 6 nitrogen and oxygen atoms in total. The lowest BCUT2D eigenvalue weighted by atomic mass is 10.1. The number of rotatable bonds is 6. The van der Waals surface area contributed by atoms with Crippen LogP contribution in [0.2, 0.25) is 0 Å². The number of aryl methyl sites for hydroxylation is 1. The third kappa shape index (κ3) is 2.41. The van der Waals surface area contributed by atoms with E-state index in [1.165, 1.54) is 19.3 Å². The Kier molecular flexibility index (Phi) is 3.71. The fourth-order valence-electron chi connectivity index (χ4n) is 2.36. The zero-order valence-corrected chi connectivity index (χ0v) is 11.6. The van der Waals surface area contributed by atoms with Gasteiger partial charge in [-0.1, -0.05) is 26.2 Å². The van der Waals surface area contributed by atoms with Crippen molar-refractivity contribution in [3.63, 3.8) is 0 Å². The average Bonchev–Trinajstić information content (AvgIpc) is 3.11. The van der Waals surface area contributed by atoms with Crippen LogP contribution in [0, 0.1) is 0 Å². The standard InChI is InChI=1S/C14H18N6/c1-2-3-4-5-6-11-15-7-8-20(11)14-12-13(17-9-16-12)18-10-19-14/h7-10H,2-6H2,1H3,(H,16,17,18,19). The van der Waals surface area contributed by atoms with Crippen LogP contribution in [0.3, 0.4) is 0 Å². The van der Waals surface area contributed by atoms with E-state index < -0.39 is 0 Å². The molecule has 0 amide bonds. The van der Waals surface area contributed by atoms with Crippen molar-refractivity contribution in [2.45, 2.75) is 39.0 Å². The molecular formula is C14H18N6. The Labute approximate surface area is 117 Å². The molecule has 0 spiro atoms. The lowest BCUT2D eigenvalue weighted by molar-refractivity contribution is 0.647. The third-order valence-electron chi connectivity index (χ3n) is 3.40. The minimum atomic E-state index is 0.681. The van der Waals surface area contributed by atoms with Crippen molar-refractivity contribution in [3.8, 4) is 5.82 Å². The molecule has 0 aliphatic carbocycles. The van der Waals surface area contributed by atoms with Crippen molar-refractivity contribution in [1.82, 2.24) is 29.5 Å². The number of nitrogens with one attached hydrogen (secondary N) is 1. The summed E-state index contributed by atoms with van der Waals surface area (Å²) in [4.78, 5) is 20.2. The normalized spacial score (nSPS) is 11.2. The molecule has 3 rings (SSSR count). The highest BCUT2D eigenvalue weighted by atomic mass is 15.2. The van der Waals surface area contributed by atoms with Gasteiger partial charge >= 0.3 is 0 Å². The SMILES string of the molecule is CCCCCCc1nccn1-c1ncnc2nc[nH]c12. The molecule has 0 saturated heterocycles. The van der Waals surface area contributed by atoms with E-state index in [0.717, 1.165) is 30.0 Å². The first-order valence-corrected chi connectivity index (χ1v) is 7.07. The smallest absolute Gasteiger partial charge is 0.182 e. The zero-order valence-electron chi connectivity index (χ0n) is 11.6. The van der Waals surface area contributed by atoms with Crippen LogP contribution >= 0.6 is 0 Å². The maximum absolute atomic E-state index is 4.45. The van der Waals surface area contributed by atoms with E-state index in [1.54, 1.807) is 12.7 Å². The third-order valence-corrected chi connectivity index (χ3v) is 3.40. The molecule has 1 N–H and O–H groups in total. The van der Waals surface area contributed by atoms with Gasteiger partial charge in [0.05, 0.1) is 6.33 Å². The molecule has 0 unspecified atom stereocenters. The first kappa shape index (κ1) is 12.8. The Hall–Kier alpha value is -2.24. The maximum Gasteiger partial charge on any atom is 0.182 e. The summed E-state index contributed by atoms with van der Waals surface area (Å²) < 4.78 is 2.02. The second-order valence-electron chi connectivity index (χ2n) is 4.82. The second-order valence-corrected chi connectivity index (χ2v) is 4.82. The number of imidazole rings is 2. The van der Waals surface area contributed by atoms with E-state index >= 15 is 0 Å². The Morgan fingerprint density at radius 1 is 1.10 bits per heavy atom. The molecular weight excluding hydrogens is 252 g/mol. The zero-order chi connectivity index (χ0) is 13.8. The highest BCUT2D eigenvalue weighted by Gasteiger charge is 2.11. The topological polar surface area (TPSA) is 72.3 Å². The number of hydrogen-bond donors (Lipinski definition) is 1. The van der Waals surface area contributed by atoms with Crippen molar-refractivity contribution in [3.05, 3.63) is 30.9 Å². The molecule has 0 aliphatic rings. The summed E-state index contributed by atoms with van der Waals surface area (Å²) in [7, 11) is 0. The second kappa shape index (κ2) is 5.81. The van der Waals surface area contributed by atoms with Gasteiger partial charge in [0.15, 0.2) is 11.5 Å².